The number of rotatable bonds is 3. The Hall–Kier alpha value is -1.50. The second-order valence-electron chi connectivity index (χ2n) is 5.17. The number of nitrogens with zero attached hydrogens (tertiary/aromatic N) is 3. The number of halogens is 1. The number of β-amino-alcohol motifs (C(OH)–C–C–N with tert-alkyl or cyclic N) is 2. The summed E-state index contributed by atoms with van der Waals surface area (Å²) in [5.74, 6) is 0.541. The Labute approximate surface area is 131 Å². The monoisotopic (exact) mass is 349 g/mol. The molecule has 0 saturated carbocycles. The SMILES string of the molecule is O[C@@H]1CN(c2ncc(Br)c(Cc3ccccc3)n2)C[C@H]1O. The zero-order valence-electron chi connectivity index (χ0n) is 11.4. The highest BCUT2D eigenvalue weighted by molar-refractivity contribution is 9.10. The summed E-state index contributed by atoms with van der Waals surface area (Å²) in [6.45, 7) is 0.709. The number of hydrogen-bond acceptors (Lipinski definition) is 5. The van der Waals surface area contributed by atoms with Crippen molar-refractivity contribution in [3.05, 3.63) is 52.3 Å². The number of hydrogen-bond donors (Lipinski definition) is 2. The van der Waals surface area contributed by atoms with Crippen LogP contribution in [0.1, 0.15) is 11.3 Å². The molecule has 1 aliphatic rings. The Kier molecular flexibility index (Phi) is 4.19. The summed E-state index contributed by atoms with van der Waals surface area (Å²) < 4.78 is 0.857. The van der Waals surface area contributed by atoms with Crippen LogP contribution in [0.25, 0.3) is 0 Å². The fraction of sp³-hybridized carbons (Fsp3) is 0.333. The lowest BCUT2D eigenvalue weighted by molar-refractivity contribution is 0.0572. The lowest BCUT2D eigenvalue weighted by Crippen LogP contribution is -2.23. The van der Waals surface area contributed by atoms with Crippen LogP contribution < -0.4 is 4.90 Å². The van der Waals surface area contributed by atoms with Crippen molar-refractivity contribution < 1.29 is 10.2 Å². The van der Waals surface area contributed by atoms with Crippen LogP contribution >= 0.6 is 15.9 Å². The van der Waals surface area contributed by atoms with Crippen molar-refractivity contribution >= 4 is 21.9 Å². The molecule has 0 spiro atoms. The molecule has 0 radical (unpaired) electrons. The summed E-state index contributed by atoms with van der Waals surface area (Å²) in [5.41, 5.74) is 2.06. The van der Waals surface area contributed by atoms with Crippen LogP contribution in [0.4, 0.5) is 5.95 Å². The van der Waals surface area contributed by atoms with Gasteiger partial charge in [-0.2, -0.15) is 0 Å². The minimum atomic E-state index is -0.741. The van der Waals surface area contributed by atoms with Crippen molar-refractivity contribution in [1.82, 2.24) is 9.97 Å². The highest BCUT2D eigenvalue weighted by Crippen LogP contribution is 2.22. The largest absolute Gasteiger partial charge is 0.388 e. The molecule has 1 fully saturated rings. The van der Waals surface area contributed by atoms with Crippen molar-refractivity contribution in [2.24, 2.45) is 0 Å². The van der Waals surface area contributed by atoms with Gasteiger partial charge in [0.25, 0.3) is 0 Å². The van der Waals surface area contributed by atoms with Crippen molar-refractivity contribution in [3.63, 3.8) is 0 Å². The predicted octanol–water partition coefficient (Wildman–Crippen LogP) is 1.37. The Morgan fingerprint density at radius 2 is 1.81 bits per heavy atom. The van der Waals surface area contributed by atoms with Crippen molar-refractivity contribution in [1.29, 1.82) is 0 Å². The van der Waals surface area contributed by atoms with E-state index < -0.39 is 12.2 Å². The van der Waals surface area contributed by atoms with Gasteiger partial charge in [-0.1, -0.05) is 30.3 Å². The van der Waals surface area contributed by atoms with Gasteiger partial charge in [-0.3, -0.25) is 0 Å². The first-order chi connectivity index (χ1) is 10.1. The summed E-state index contributed by atoms with van der Waals surface area (Å²) >= 11 is 3.48. The van der Waals surface area contributed by atoms with Gasteiger partial charge in [0.05, 0.1) is 22.4 Å². The van der Waals surface area contributed by atoms with Gasteiger partial charge in [0.1, 0.15) is 0 Å². The molecule has 0 bridgehead atoms. The van der Waals surface area contributed by atoms with Crippen LogP contribution in [0.3, 0.4) is 0 Å². The molecule has 5 nitrogen and oxygen atoms in total. The van der Waals surface area contributed by atoms with E-state index in [1.165, 1.54) is 5.56 Å². The van der Waals surface area contributed by atoms with Crippen LogP contribution in [-0.2, 0) is 6.42 Å². The Bertz CT molecular complexity index is 614. The van der Waals surface area contributed by atoms with Crippen molar-refractivity contribution in [2.45, 2.75) is 18.6 Å². The minimum absolute atomic E-state index is 0.355. The van der Waals surface area contributed by atoms with E-state index in [1.807, 2.05) is 18.2 Å². The number of aliphatic hydroxyl groups is 2. The molecule has 2 atom stereocenters. The summed E-state index contributed by atoms with van der Waals surface area (Å²) in [6.07, 6.45) is 0.942. The minimum Gasteiger partial charge on any atom is -0.388 e. The van der Waals surface area contributed by atoms with E-state index >= 15 is 0 Å². The average Bonchev–Trinajstić information content (AvgIpc) is 2.82. The second-order valence-corrected chi connectivity index (χ2v) is 6.02. The van der Waals surface area contributed by atoms with E-state index in [2.05, 4.69) is 38.0 Å². The third-order valence-corrected chi connectivity index (χ3v) is 4.22. The summed E-state index contributed by atoms with van der Waals surface area (Å²) in [6, 6.07) is 10.1. The average molecular weight is 350 g/mol. The van der Waals surface area contributed by atoms with Gasteiger partial charge in [0.2, 0.25) is 5.95 Å². The molecule has 2 N–H and O–H groups in total. The van der Waals surface area contributed by atoms with Crippen LogP contribution in [0, 0.1) is 0 Å². The van der Waals surface area contributed by atoms with E-state index in [9.17, 15) is 10.2 Å². The van der Waals surface area contributed by atoms with E-state index in [0.29, 0.717) is 25.5 Å². The first-order valence-corrected chi connectivity index (χ1v) is 7.59. The Morgan fingerprint density at radius 1 is 1.14 bits per heavy atom. The molecule has 1 saturated heterocycles. The van der Waals surface area contributed by atoms with E-state index in [-0.39, 0.29) is 0 Å². The van der Waals surface area contributed by atoms with Gasteiger partial charge in [0, 0.05) is 25.7 Å². The first-order valence-electron chi connectivity index (χ1n) is 6.80. The molecule has 1 aromatic heterocycles. The van der Waals surface area contributed by atoms with Gasteiger partial charge < -0.3 is 15.1 Å². The quantitative estimate of drug-likeness (QED) is 0.875. The summed E-state index contributed by atoms with van der Waals surface area (Å²) in [7, 11) is 0. The molecular weight excluding hydrogens is 334 g/mol. The van der Waals surface area contributed by atoms with Crippen molar-refractivity contribution in [2.75, 3.05) is 18.0 Å². The predicted molar refractivity (Wildman–Crippen MR) is 83.2 cm³/mol. The molecule has 0 amide bonds. The number of anilines is 1. The third-order valence-electron chi connectivity index (χ3n) is 3.56. The molecule has 0 unspecified atom stereocenters. The zero-order valence-corrected chi connectivity index (χ0v) is 12.9. The molecule has 0 aliphatic carbocycles. The Balaban J connectivity index is 1.83. The maximum absolute atomic E-state index is 9.63. The van der Waals surface area contributed by atoms with Gasteiger partial charge >= 0.3 is 0 Å². The van der Waals surface area contributed by atoms with E-state index in [1.54, 1.807) is 11.1 Å². The van der Waals surface area contributed by atoms with Crippen molar-refractivity contribution in [3.8, 4) is 0 Å². The highest BCUT2D eigenvalue weighted by atomic mass is 79.9. The third kappa shape index (κ3) is 3.23. The molecule has 6 heteroatoms. The van der Waals surface area contributed by atoms with Gasteiger partial charge in [-0.15, -0.1) is 0 Å². The van der Waals surface area contributed by atoms with Crippen LogP contribution in [0.2, 0.25) is 0 Å². The molecule has 21 heavy (non-hydrogen) atoms. The fourth-order valence-electron chi connectivity index (χ4n) is 2.39. The Morgan fingerprint density at radius 3 is 2.48 bits per heavy atom. The lowest BCUT2D eigenvalue weighted by atomic mass is 10.1. The van der Waals surface area contributed by atoms with Gasteiger partial charge in [-0.05, 0) is 21.5 Å². The summed E-state index contributed by atoms with van der Waals surface area (Å²) in [5, 5.41) is 19.3. The van der Waals surface area contributed by atoms with Gasteiger partial charge in [-0.25, -0.2) is 9.97 Å². The van der Waals surface area contributed by atoms with Crippen LogP contribution in [0.15, 0.2) is 41.0 Å². The molecule has 2 heterocycles. The number of aliphatic hydroxyl groups excluding tert-OH is 2. The highest BCUT2D eigenvalue weighted by Gasteiger charge is 2.31. The molecule has 3 rings (SSSR count). The fourth-order valence-corrected chi connectivity index (χ4v) is 2.72. The molecule has 1 aromatic carbocycles. The lowest BCUT2D eigenvalue weighted by Gasteiger charge is -2.16. The maximum Gasteiger partial charge on any atom is 0.225 e. The van der Waals surface area contributed by atoms with Crippen LogP contribution in [0.5, 0.6) is 0 Å². The van der Waals surface area contributed by atoms with Gasteiger partial charge in [0.15, 0.2) is 0 Å². The summed E-state index contributed by atoms with van der Waals surface area (Å²) in [4.78, 5) is 10.6. The molecular formula is C15H16BrN3O2. The van der Waals surface area contributed by atoms with E-state index in [4.69, 9.17) is 0 Å². The molecule has 1 aliphatic heterocycles. The van der Waals surface area contributed by atoms with Crippen LogP contribution in [-0.4, -0.2) is 45.5 Å². The molecule has 110 valence electrons. The number of benzene rings is 1. The maximum atomic E-state index is 9.63. The number of aromatic nitrogens is 2. The second kappa shape index (κ2) is 6.09. The normalized spacial score (nSPS) is 21.8. The first kappa shape index (κ1) is 14.4. The van der Waals surface area contributed by atoms with E-state index in [0.717, 1.165) is 10.2 Å². The topological polar surface area (TPSA) is 69.5 Å². The molecule has 2 aromatic rings. The zero-order chi connectivity index (χ0) is 14.8. The smallest absolute Gasteiger partial charge is 0.225 e. The standard InChI is InChI=1S/C15H16BrN3O2/c16-11-7-17-15(19-8-13(20)14(21)9-19)18-12(11)6-10-4-2-1-3-5-10/h1-5,7,13-14,20-21H,6,8-9H2/t13-,14-/m1/s1.